The molecule has 0 bridgehead atoms. The number of benzene rings is 2. The summed E-state index contributed by atoms with van der Waals surface area (Å²) in [7, 11) is 1.61. The number of carbonyl (C=O) groups excluding carboxylic acids is 2. The monoisotopic (exact) mass is 366 g/mol. The van der Waals surface area contributed by atoms with Gasteiger partial charge in [-0.25, -0.2) is 13.2 Å². The number of carbonyl (C=O) groups is 2. The number of quaternary nitrogens is 1. The van der Waals surface area contributed by atoms with Gasteiger partial charge in [0.2, 0.25) is 0 Å². The second kappa shape index (κ2) is 8.48. The first-order valence-electron chi connectivity index (χ1n) is 7.87. The standard InChI is InChI=1S/C18H18F3N3O2/c1-11-4-3-5-12(8-11)22-15(25)9-24(2)10-16(26)23-14-7-6-13(19)17(20)18(14)21/h3-8H,9-10H2,1-2H3,(H,22,25)(H,23,26)/p+1. The van der Waals surface area contributed by atoms with E-state index in [9.17, 15) is 22.8 Å². The Balaban J connectivity index is 1.87. The average molecular weight is 366 g/mol. The number of aryl methyl sites for hydroxylation is 1. The van der Waals surface area contributed by atoms with Gasteiger partial charge in [-0.3, -0.25) is 9.59 Å². The van der Waals surface area contributed by atoms with Crippen LogP contribution in [-0.4, -0.2) is 32.0 Å². The Hall–Kier alpha value is -2.87. The Morgan fingerprint density at radius 2 is 1.62 bits per heavy atom. The van der Waals surface area contributed by atoms with Crippen LogP contribution in [0.1, 0.15) is 5.56 Å². The van der Waals surface area contributed by atoms with Crippen LogP contribution in [-0.2, 0) is 9.59 Å². The first-order valence-corrected chi connectivity index (χ1v) is 7.87. The second-order valence-electron chi connectivity index (χ2n) is 6.00. The molecule has 0 aliphatic carbocycles. The molecule has 5 nitrogen and oxygen atoms in total. The lowest BCUT2D eigenvalue weighted by Gasteiger charge is -2.14. The quantitative estimate of drug-likeness (QED) is 0.679. The highest BCUT2D eigenvalue weighted by Crippen LogP contribution is 2.19. The number of hydrogen-bond acceptors (Lipinski definition) is 2. The molecule has 2 amide bonds. The Bertz CT molecular complexity index is 827. The van der Waals surface area contributed by atoms with Crippen LogP contribution in [0.5, 0.6) is 0 Å². The van der Waals surface area contributed by atoms with Gasteiger partial charge in [-0.15, -0.1) is 0 Å². The molecule has 1 atom stereocenters. The molecule has 0 aromatic heterocycles. The van der Waals surface area contributed by atoms with E-state index in [-0.39, 0.29) is 19.0 Å². The van der Waals surface area contributed by atoms with Gasteiger partial charge in [-0.1, -0.05) is 12.1 Å². The highest BCUT2D eigenvalue weighted by atomic mass is 19.2. The van der Waals surface area contributed by atoms with E-state index in [1.807, 2.05) is 25.1 Å². The summed E-state index contributed by atoms with van der Waals surface area (Å²) in [4.78, 5) is 24.4. The van der Waals surface area contributed by atoms with E-state index in [1.54, 1.807) is 13.1 Å². The summed E-state index contributed by atoms with van der Waals surface area (Å²) in [5.74, 6) is -5.37. The maximum absolute atomic E-state index is 13.5. The van der Waals surface area contributed by atoms with Crippen LogP contribution in [0, 0.1) is 24.4 Å². The molecule has 0 heterocycles. The maximum atomic E-state index is 13.5. The van der Waals surface area contributed by atoms with Crippen molar-refractivity contribution < 1.29 is 27.7 Å². The zero-order valence-electron chi connectivity index (χ0n) is 14.3. The summed E-state index contributed by atoms with van der Waals surface area (Å²) < 4.78 is 39.6. The molecule has 138 valence electrons. The number of hydrogen-bond donors (Lipinski definition) is 3. The first kappa shape index (κ1) is 19.5. The fourth-order valence-corrected chi connectivity index (χ4v) is 2.36. The lowest BCUT2D eigenvalue weighted by molar-refractivity contribution is -0.862. The molecule has 0 aliphatic rings. The number of rotatable bonds is 6. The molecule has 3 N–H and O–H groups in total. The van der Waals surface area contributed by atoms with Crippen molar-refractivity contribution in [3.8, 4) is 0 Å². The van der Waals surface area contributed by atoms with Gasteiger partial charge in [0.05, 0.1) is 12.7 Å². The van der Waals surface area contributed by atoms with E-state index in [0.717, 1.165) is 17.7 Å². The number of nitrogens with one attached hydrogen (secondary N) is 3. The molecular weight excluding hydrogens is 347 g/mol. The minimum absolute atomic E-state index is 0.00161. The predicted molar refractivity (Wildman–Crippen MR) is 91.4 cm³/mol. The molecule has 0 spiro atoms. The minimum Gasteiger partial charge on any atom is -0.322 e. The SMILES string of the molecule is Cc1cccc(NC(=O)C[NH+](C)CC(=O)Nc2ccc(F)c(F)c2F)c1. The van der Waals surface area contributed by atoms with Crippen LogP contribution in [0.25, 0.3) is 0 Å². The molecule has 0 saturated carbocycles. The minimum atomic E-state index is -1.65. The van der Waals surface area contributed by atoms with Crippen LogP contribution >= 0.6 is 0 Å². The zero-order valence-corrected chi connectivity index (χ0v) is 14.3. The van der Waals surface area contributed by atoms with Gasteiger partial charge in [0, 0.05) is 5.69 Å². The van der Waals surface area contributed by atoms with Crippen molar-refractivity contribution in [2.24, 2.45) is 0 Å². The normalized spacial score (nSPS) is 11.7. The zero-order chi connectivity index (χ0) is 19.3. The Morgan fingerprint density at radius 3 is 2.27 bits per heavy atom. The van der Waals surface area contributed by atoms with Gasteiger partial charge >= 0.3 is 0 Å². The molecule has 8 heteroatoms. The number of amides is 2. The van der Waals surface area contributed by atoms with Gasteiger partial charge in [0.1, 0.15) is 0 Å². The van der Waals surface area contributed by atoms with Gasteiger partial charge in [-0.2, -0.15) is 0 Å². The highest BCUT2D eigenvalue weighted by Gasteiger charge is 2.18. The molecule has 2 aromatic rings. The molecule has 0 saturated heterocycles. The van der Waals surface area contributed by atoms with Crippen molar-refractivity contribution in [1.82, 2.24) is 0 Å². The third-order valence-electron chi connectivity index (χ3n) is 3.54. The second-order valence-corrected chi connectivity index (χ2v) is 6.00. The van der Waals surface area contributed by atoms with E-state index in [2.05, 4.69) is 10.6 Å². The van der Waals surface area contributed by atoms with Crippen molar-refractivity contribution in [3.05, 3.63) is 59.4 Å². The number of halogens is 3. The lowest BCUT2D eigenvalue weighted by atomic mass is 10.2. The maximum Gasteiger partial charge on any atom is 0.279 e. The Kier molecular flexibility index (Phi) is 6.35. The fourth-order valence-electron chi connectivity index (χ4n) is 2.36. The molecule has 0 radical (unpaired) electrons. The predicted octanol–water partition coefficient (Wildman–Crippen LogP) is 1.50. The summed E-state index contributed by atoms with van der Waals surface area (Å²) in [5.41, 5.74) is 1.19. The van der Waals surface area contributed by atoms with Crippen molar-refractivity contribution >= 4 is 23.2 Å². The molecular formula is C18H19F3N3O2+. The highest BCUT2D eigenvalue weighted by molar-refractivity contribution is 5.93. The fraction of sp³-hybridized carbons (Fsp3) is 0.222. The Morgan fingerprint density at radius 1 is 0.962 bits per heavy atom. The molecule has 1 unspecified atom stereocenters. The Labute approximate surface area is 148 Å². The van der Waals surface area contributed by atoms with E-state index in [1.165, 1.54) is 0 Å². The summed E-state index contributed by atoms with van der Waals surface area (Å²) in [6.45, 7) is 1.75. The van der Waals surface area contributed by atoms with Crippen LogP contribution in [0.3, 0.4) is 0 Å². The van der Waals surface area contributed by atoms with Crippen LogP contribution in [0.2, 0.25) is 0 Å². The average Bonchev–Trinajstić information content (AvgIpc) is 2.55. The lowest BCUT2D eigenvalue weighted by Crippen LogP contribution is -3.11. The smallest absolute Gasteiger partial charge is 0.279 e. The molecule has 26 heavy (non-hydrogen) atoms. The van der Waals surface area contributed by atoms with Crippen LogP contribution in [0.4, 0.5) is 24.5 Å². The van der Waals surface area contributed by atoms with Gasteiger partial charge in [-0.05, 0) is 36.8 Å². The van der Waals surface area contributed by atoms with Crippen molar-refractivity contribution in [2.75, 3.05) is 30.8 Å². The molecule has 2 aromatic carbocycles. The first-order chi connectivity index (χ1) is 12.3. The number of likely N-dealkylation sites (N-methyl/N-ethyl adjacent to an activating group) is 1. The van der Waals surface area contributed by atoms with Crippen molar-refractivity contribution in [1.29, 1.82) is 0 Å². The molecule has 0 fully saturated rings. The summed E-state index contributed by atoms with van der Waals surface area (Å²) >= 11 is 0. The van der Waals surface area contributed by atoms with Crippen molar-refractivity contribution in [3.63, 3.8) is 0 Å². The van der Waals surface area contributed by atoms with Gasteiger partial charge in [0.15, 0.2) is 30.5 Å². The molecule has 0 aliphatic heterocycles. The van der Waals surface area contributed by atoms with Crippen molar-refractivity contribution in [2.45, 2.75) is 6.92 Å². The van der Waals surface area contributed by atoms with E-state index >= 15 is 0 Å². The van der Waals surface area contributed by atoms with E-state index in [4.69, 9.17) is 0 Å². The topological polar surface area (TPSA) is 62.6 Å². The van der Waals surface area contributed by atoms with Gasteiger partial charge < -0.3 is 15.5 Å². The third kappa shape index (κ3) is 5.32. The summed E-state index contributed by atoms with van der Waals surface area (Å²) in [5, 5.41) is 4.88. The van der Waals surface area contributed by atoms with Gasteiger partial charge in [0.25, 0.3) is 11.8 Å². The molecule has 2 rings (SSSR count). The number of anilines is 2. The van der Waals surface area contributed by atoms with Crippen LogP contribution < -0.4 is 15.5 Å². The summed E-state index contributed by atoms with van der Waals surface area (Å²) in [6.07, 6.45) is 0. The van der Waals surface area contributed by atoms with Crippen LogP contribution in [0.15, 0.2) is 36.4 Å². The third-order valence-corrected chi connectivity index (χ3v) is 3.54. The summed E-state index contributed by atoms with van der Waals surface area (Å²) in [6, 6.07) is 8.93. The van der Waals surface area contributed by atoms with E-state index in [0.29, 0.717) is 10.6 Å². The largest absolute Gasteiger partial charge is 0.322 e. The van der Waals surface area contributed by atoms with E-state index < -0.39 is 29.0 Å².